The number of hydrogen-bond acceptors (Lipinski definition) is 3. The van der Waals surface area contributed by atoms with Gasteiger partial charge in [0.25, 0.3) is 0 Å². The van der Waals surface area contributed by atoms with Crippen LogP contribution in [0, 0.1) is 0 Å². The third-order valence-corrected chi connectivity index (χ3v) is 4.15. The van der Waals surface area contributed by atoms with Gasteiger partial charge in [0.05, 0.1) is 21.3 Å². The fraction of sp³-hybridized carbons (Fsp3) is 0.364. The molecule has 4 nitrogen and oxygen atoms in total. The molecule has 106 valence electrons. The maximum atomic E-state index is 12.4. The number of halogens is 3. The molecule has 0 saturated heterocycles. The lowest BCUT2D eigenvalue weighted by Crippen LogP contribution is -2.33. The van der Waals surface area contributed by atoms with Gasteiger partial charge < -0.3 is 11.1 Å². The van der Waals surface area contributed by atoms with Crippen LogP contribution in [0.3, 0.4) is 0 Å². The molecule has 1 aromatic carbocycles. The van der Waals surface area contributed by atoms with Crippen molar-refractivity contribution >= 4 is 22.4 Å². The molecular formula is C11H13F3N2O2S. The summed E-state index contributed by atoms with van der Waals surface area (Å²) in [7, 11) is -0.428. The molecule has 0 aliphatic rings. The number of nitrogens with one attached hydrogen (secondary N) is 1. The third-order valence-electron chi connectivity index (χ3n) is 2.49. The molecule has 0 spiro atoms. The first-order valence-corrected chi connectivity index (χ1v) is 6.48. The van der Waals surface area contributed by atoms with E-state index in [0.717, 1.165) is 12.1 Å². The van der Waals surface area contributed by atoms with Gasteiger partial charge >= 0.3 is 6.18 Å². The molecule has 1 aromatic rings. The molecule has 1 rings (SSSR count). The molecule has 0 saturated carbocycles. The number of nitrogens with two attached hydrogens (primary N) is 1. The summed E-state index contributed by atoms with van der Waals surface area (Å²) in [5.41, 5.74) is 4.31. The van der Waals surface area contributed by atoms with Gasteiger partial charge in [0.15, 0.2) is 0 Å². The zero-order valence-corrected chi connectivity index (χ0v) is 11.1. The quantitative estimate of drug-likeness (QED) is 0.830. The van der Waals surface area contributed by atoms with Gasteiger partial charge in [0.2, 0.25) is 5.91 Å². The van der Waals surface area contributed by atoms with Crippen molar-refractivity contribution in [3.05, 3.63) is 23.8 Å². The average molecular weight is 294 g/mol. The molecule has 0 aromatic heterocycles. The molecule has 8 heteroatoms. The maximum Gasteiger partial charge on any atom is 0.416 e. The van der Waals surface area contributed by atoms with Crippen LogP contribution < -0.4 is 11.1 Å². The molecule has 3 N–H and O–H groups in total. The smallest absolute Gasteiger partial charge is 0.398 e. The van der Waals surface area contributed by atoms with Crippen LogP contribution >= 0.6 is 0 Å². The molecule has 0 heterocycles. The average Bonchev–Trinajstić information content (AvgIpc) is 2.34. The summed E-state index contributed by atoms with van der Waals surface area (Å²) in [6.07, 6.45) is -4.51. The van der Waals surface area contributed by atoms with E-state index < -0.39 is 33.7 Å². The monoisotopic (exact) mass is 294 g/mol. The molecular weight excluding hydrogens is 281 g/mol. The van der Waals surface area contributed by atoms with E-state index in [1.807, 2.05) is 0 Å². The Bertz CT molecular complexity index is 517. The summed E-state index contributed by atoms with van der Waals surface area (Å²) >= 11 is 0. The molecule has 0 aliphatic carbocycles. The van der Waals surface area contributed by atoms with E-state index in [9.17, 15) is 22.2 Å². The minimum atomic E-state index is -4.51. The fourth-order valence-corrected chi connectivity index (χ4v) is 2.59. The van der Waals surface area contributed by atoms with E-state index in [1.54, 1.807) is 0 Å². The maximum absolute atomic E-state index is 12.4. The normalized spacial score (nSPS) is 14.8. The summed E-state index contributed by atoms with van der Waals surface area (Å²) in [5.74, 6) is -0.474. The SMILES string of the molecule is CNC(=O)C(C)S(=O)c1ccc(C(F)(F)F)cc1N. The standard InChI is InChI=1S/C11H13F3N2O2S/c1-6(10(17)16-2)19(18)9-4-3-7(5-8(9)15)11(12,13)14/h3-6H,15H2,1-2H3,(H,16,17). The number of nitrogen functional groups attached to an aromatic ring is 1. The second-order valence-corrected chi connectivity index (χ2v) is 5.55. The second-order valence-electron chi connectivity index (χ2n) is 3.80. The molecule has 0 bridgehead atoms. The summed E-state index contributed by atoms with van der Waals surface area (Å²) in [5, 5.41) is 1.42. The van der Waals surface area contributed by atoms with Crippen LogP contribution in [-0.2, 0) is 21.8 Å². The van der Waals surface area contributed by atoms with E-state index >= 15 is 0 Å². The lowest BCUT2D eigenvalue weighted by Gasteiger charge is -2.13. The van der Waals surface area contributed by atoms with Gasteiger partial charge in [0.1, 0.15) is 5.25 Å². The van der Waals surface area contributed by atoms with Gasteiger partial charge in [-0.15, -0.1) is 0 Å². The van der Waals surface area contributed by atoms with Gasteiger partial charge in [-0.1, -0.05) is 0 Å². The van der Waals surface area contributed by atoms with E-state index in [1.165, 1.54) is 14.0 Å². The van der Waals surface area contributed by atoms with Crippen LogP contribution in [0.5, 0.6) is 0 Å². The first kappa shape index (κ1) is 15.5. The Labute approximate surface area is 110 Å². The highest BCUT2D eigenvalue weighted by atomic mass is 32.2. The highest BCUT2D eigenvalue weighted by molar-refractivity contribution is 7.86. The molecule has 0 aliphatic heterocycles. The van der Waals surface area contributed by atoms with Crippen LogP contribution in [0.4, 0.5) is 18.9 Å². The van der Waals surface area contributed by atoms with E-state index in [-0.39, 0.29) is 10.6 Å². The molecule has 2 atom stereocenters. The van der Waals surface area contributed by atoms with Crippen molar-refractivity contribution in [2.24, 2.45) is 0 Å². The Kier molecular flexibility index (Phi) is 4.56. The Morgan fingerprint density at radius 2 is 2.00 bits per heavy atom. The van der Waals surface area contributed by atoms with Gasteiger partial charge in [-0.2, -0.15) is 13.2 Å². The van der Waals surface area contributed by atoms with Crippen molar-refractivity contribution in [2.45, 2.75) is 23.2 Å². The Hall–Kier alpha value is -1.57. The van der Waals surface area contributed by atoms with Gasteiger partial charge in [0, 0.05) is 12.7 Å². The Balaban J connectivity index is 3.10. The van der Waals surface area contributed by atoms with Gasteiger partial charge in [-0.3, -0.25) is 9.00 Å². The number of hydrogen-bond donors (Lipinski definition) is 2. The van der Waals surface area contributed by atoms with Crippen molar-refractivity contribution in [3.63, 3.8) is 0 Å². The van der Waals surface area contributed by atoms with Crippen LogP contribution in [0.1, 0.15) is 12.5 Å². The lowest BCUT2D eigenvalue weighted by molar-refractivity contribution is -0.137. The number of carbonyl (C=O) groups excluding carboxylic acids is 1. The fourth-order valence-electron chi connectivity index (χ4n) is 1.40. The minimum Gasteiger partial charge on any atom is -0.398 e. The predicted octanol–water partition coefficient (Wildman–Crippen LogP) is 1.53. The van der Waals surface area contributed by atoms with E-state index in [2.05, 4.69) is 5.32 Å². The number of benzene rings is 1. The zero-order chi connectivity index (χ0) is 14.8. The molecule has 19 heavy (non-hydrogen) atoms. The van der Waals surface area contributed by atoms with Gasteiger partial charge in [-0.05, 0) is 25.1 Å². The summed E-state index contributed by atoms with van der Waals surface area (Å²) in [6, 6.07) is 2.54. The molecule has 0 fully saturated rings. The highest BCUT2D eigenvalue weighted by Crippen LogP contribution is 2.32. The Morgan fingerprint density at radius 3 is 2.42 bits per heavy atom. The number of anilines is 1. The molecule has 2 unspecified atom stereocenters. The third kappa shape index (κ3) is 3.46. The first-order chi connectivity index (χ1) is 8.68. The summed E-state index contributed by atoms with van der Waals surface area (Å²) in [4.78, 5) is 11.4. The van der Waals surface area contributed by atoms with Crippen LogP contribution in [0.15, 0.2) is 23.1 Å². The van der Waals surface area contributed by atoms with Crippen molar-refractivity contribution < 1.29 is 22.2 Å². The van der Waals surface area contributed by atoms with Crippen LogP contribution in [-0.4, -0.2) is 22.4 Å². The van der Waals surface area contributed by atoms with E-state index in [4.69, 9.17) is 5.73 Å². The first-order valence-electron chi connectivity index (χ1n) is 5.27. The number of rotatable bonds is 3. The highest BCUT2D eigenvalue weighted by Gasteiger charge is 2.31. The number of carbonyl (C=O) groups is 1. The summed E-state index contributed by atoms with van der Waals surface area (Å²) < 4.78 is 49.4. The topological polar surface area (TPSA) is 72.2 Å². The molecule has 1 amide bonds. The number of alkyl halides is 3. The van der Waals surface area contributed by atoms with Crippen molar-refractivity contribution in [1.29, 1.82) is 0 Å². The largest absolute Gasteiger partial charge is 0.416 e. The lowest BCUT2D eigenvalue weighted by atomic mass is 10.2. The van der Waals surface area contributed by atoms with Crippen LogP contribution in [0.2, 0.25) is 0 Å². The predicted molar refractivity (Wildman–Crippen MR) is 65.8 cm³/mol. The van der Waals surface area contributed by atoms with Crippen molar-refractivity contribution in [1.82, 2.24) is 5.32 Å². The van der Waals surface area contributed by atoms with Crippen molar-refractivity contribution in [2.75, 3.05) is 12.8 Å². The summed E-state index contributed by atoms with van der Waals surface area (Å²) in [6.45, 7) is 1.41. The van der Waals surface area contributed by atoms with E-state index in [0.29, 0.717) is 6.07 Å². The second kappa shape index (κ2) is 5.60. The van der Waals surface area contributed by atoms with Crippen molar-refractivity contribution in [3.8, 4) is 0 Å². The van der Waals surface area contributed by atoms with Crippen LogP contribution in [0.25, 0.3) is 0 Å². The minimum absolute atomic E-state index is 0.0177. The van der Waals surface area contributed by atoms with Gasteiger partial charge in [-0.25, -0.2) is 0 Å². The number of amides is 1. The zero-order valence-electron chi connectivity index (χ0n) is 10.2. The molecule has 0 radical (unpaired) electrons. The Morgan fingerprint density at radius 1 is 1.42 bits per heavy atom.